The summed E-state index contributed by atoms with van der Waals surface area (Å²) in [6.07, 6.45) is 2.58. The molecule has 2 nitrogen and oxygen atoms in total. The second kappa shape index (κ2) is 4.76. The highest BCUT2D eigenvalue weighted by atomic mass is 35.5. The Balaban J connectivity index is 2.01. The molecule has 16 heavy (non-hydrogen) atoms. The van der Waals surface area contributed by atoms with Gasteiger partial charge in [-0.15, -0.1) is 0 Å². The Bertz CT molecular complexity index is 375. The molecule has 1 aromatic rings. The molecule has 1 aromatic carbocycles. The molecule has 0 saturated carbocycles. The van der Waals surface area contributed by atoms with Gasteiger partial charge in [-0.3, -0.25) is 0 Å². The van der Waals surface area contributed by atoms with Crippen LogP contribution in [0.25, 0.3) is 0 Å². The first-order valence-electron chi connectivity index (χ1n) is 5.52. The summed E-state index contributed by atoms with van der Waals surface area (Å²) in [6, 6.07) is 5.54. The van der Waals surface area contributed by atoms with Crippen LogP contribution in [-0.2, 0) is 0 Å². The molecule has 1 saturated heterocycles. The minimum absolute atomic E-state index is 0.342. The Morgan fingerprint density at radius 1 is 1.56 bits per heavy atom. The van der Waals surface area contributed by atoms with Crippen LogP contribution in [0, 0.1) is 0 Å². The largest absolute Gasteiger partial charge is 0.397 e. The average molecular weight is 257 g/mol. The number of anilines is 2. The summed E-state index contributed by atoms with van der Waals surface area (Å²) in [4.78, 5) is 0. The molecule has 1 aliphatic heterocycles. The molecule has 4 heteroatoms. The van der Waals surface area contributed by atoms with E-state index in [1.807, 2.05) is 30.0 Å². The minimum Gasteiger partial charge on any atom is -0.397 e. The Labute approximate surface area is 106 Å². The molecule has 3 N–H and O–H groups in total. The lowest BCUT2D eigenvalue weighted by Crippen LogP contribution is -2.27. The van der Waals surface area contributed by atoms with E-state index in [9.17, 15) is 0 Å². The number of benzene rings is 1. The quantitative estimate of drug-likeness (QED) is 0.812. The van der Waals surface area contributed by atoms with E-state index >= 15 is 0 Å². The normalized spacial score (nSPS) is 24.6. The van der Waals surface area contributed by atoms with E-state index in [1.54, 1.807) is 0 Å². The average Bonchev–Trinajstić information content (AvgIpc) is 2.67. The van der Waals surface area contributed by atoms with Crippen molar-refractivity contribution in [3.05, 3.63) is 23.2 Å². The molecule has 88 valence electrons. The summed E-state index contributed by atoms with van der Waals surface area (Å²) < 4.78 is 0.342. The van der Waals surface area contributed by atoms with Gasteiger partial charge in [-0.2, -0.15) is 11.8 Å². The van der Waals surface area contributed by atoms with Crippen molar-refractivity contribution in [1.82, 2.24) is 0 Å². The molecule has 0 aromatic heterocycles. The van der Waals surface area contributed by atoms with Gasteiger partial charge in [0.1, 0.15) is 0 Å². The van der Waals surface area contributed by atoms with E-state index in [2.05, 4.69) is 12.2 Å². The maximum absolute atomic E-state index is 5.95. The van der Waals surface area contributed by atoms with E-state index in [4.69, 9.17) is 17.3 Å². The van der Waals surface area contributed by atoms with Gasteiger partial charge in [0.2, 0.25) is 0 Å². The summed E-state index contributed by atoms with van der Waals surface area (Å²) in [7, 11) is 0. The summed E-state index contributed by atoms with van der Waals surface area (Å²) >= 11 is 7.98. The first-order chi connectivity index (χ1) is 7.59. The van der Waals surface area contributed by atoms with E-state index < -0.39 is 0 Å². The summed E-state index contributed by atoms with van der Waals surface area (Å²) in [6.45, 7) is 3.25. The van der Waals surface area contributed by atoms with Gasteiger partial charge < -0.3 is 11.1 Å². The molecular formula is C12H17ClN2S. The molecule has 0 spiro atoms. The van der Waals surface area contributed by atoms with Crippen LogP contribution in [0.1, 0.15) is 19.8 Å². The van der Waals surface area contributed by atoms with Crippen molar-refractivity contribution in [2.75, 3.05) is 23.3 Å². The van der Waals surface area contributed by atoms with Gasteiger partial charge >= 0.3 is 0 Å². The fourth-order valence-corrected chi connectivity index (χ4v) is 3.36. The van der Waals surface area contributed by atoms with Gasteiger partial charge in [0.25, 0.3) is 0 Å². The number of nitrogens with one attached hydrogen (secondary N) is 1. The number of hydrogen-bond acceptors (Lipinski definition) is 3. The number of nitrogens with two attached hydrogens (primary N) is 1. The molecule has 1 unspecified atom stereocenters. The zero-order valence-electron chi connectivity index (χ0n) is 9.42. The SMILES string of the molecule is CC1(CNc2cc(Cl)ccc2N)CCCS1. The molecule has 1 fully saturated rings. The van der Waals surface area contributed by atoms with Crippen LogP contribution < -0.4 is 11.1 Å². The van der Waals surface area contributed by atoms with Crippen LogP contribution >= 0.6 is 23.4 Å². The van der Waals surface area contributed by atoms with Crippen LogP contribution in [0.15, 0.2) is 18.2 Å². The Morgan fingerprint density at radius 2 is 2.38 bits per heavy atom. The van der Waals surface area contributed by atoms with Crippen molar-refractivity contribution in [2.24, 2.45) is 0 Å². The maximum atomic E-state index is 5.95. The zero-order chi connectivity index (χ0) is 11.6. The number of halogens is 1. The third kappa shape index (κ3) is 2.77. The van der Waals surface area contributed by atoms with Gasteiger partial charge in [0.15, 0.2) is 0 Å². The molecule has 2 rings (SSSR count). The second-order valence-corrected chi connectivity index (χ2v) is 6.61. The summed E-state index contributed by atoms with van der Waals surface area (Å²) in [5, 5.41) is 4.13. The second-order valence-electron chi connectivity index (χ2n) is 4.49. The molecule has 0 bridgehead atoms. The smallest absolute Gasteiger partial charge is 0.0589 e. The fraction of sp³-hybridized carbons (Fsp3) is 0.500. The molecule has 0 radical (unpaired) electrons. The lowest BCUT2D eigenvalue weighted by Gasteiger charge is -2.24. The first kappa shape index (κ1) is 11.9. The highest BCUT2D eigenvalue weighted by molar-refractivity contribution is 8.00. The Hall–Kier alpha value is -0.540. The Morgan fingerprint density at radius 3 is 3.06 bits per heavy atom. The van der Waals surface area contributed by atoms with Crippen LogP contribution in [0.4, 0.5) is 11.4 Å². The topological polar surface area (TPSA) is 38.0 Å². The van der Waals surface area contributed by atoms with Crippen molar-refractivity contribution < 1.29 is 0 Å². The lowest BCUT2D eigenvalue weighted by atomic mass is 10.1. The molecule has 0 aliphatic carbocycles. The standard InChI is InChI=1S/C12H17ClN2S/c1-12(5-2-6-16-12)8-15-11-7-9(13)3-4-10(11)14/h3-4,7,15H,2,5-6,8,14H2,1H3. The molecule has 0 amide bonds. The highest BCUT2D eigenvalue weighted by Crippen LogP contribution is 2.38. The summed E-state index contributed by atoms with van der Waals surface area (Å²) in [5.74, 6) is 1.27. The van der Waals surface area contributed by atoms with Crippen molar-refractivity contribution in [2.45, 2.75) is 24.5 Å². The van der Waals surface area contributed by atoms with Gasteiger partial charge in [0, 0.05) is 16.3 Å². The minimum atomic E-state index is 0.342. The number of thioether (sulfide) groups is 1. The zero-order valence-corrected chi connectivity index (χ0v) is 11.0. The van der Waals surface area contributed by atoms with Gasteiger partial charge in [-0.25, -0.2) is 0 Å². The van der Waals surface area contributed by atoms with Gasteiger partial charge in [-0.05, 0) is 43.7 Å². The van der Waals surface area contributed by atoms with Gasteiger partial charge in [0.05, 0.1) is 11.4 Å². The predicted octanol–water partition coefficient (Wildman–Crippen LogP) is 3.62. The fourth-order valence-electron chi connectivity index (χ4n) is 1.94. The Kier molecular flexibility index (Phi) is 3.55. The van der Waals surface area contributed by atoms with Crippen LogP contribution in [-0.4, -0.2) is 17.0 Å². The van der Waals surface area contributed by atoms with Crippen LogP contribution in [0.5, 0.6) is 0 Å². The number of nitrogen functional groups attached to an aromatic ring is 1. The van der Waals surface area contributed by atoms with Crippen LogP contribution in [0.2, 0.25) is 5.02 Å². The number of rotatable bonds is 3. The van der Waals surface area contributed by atoms with Crippen molar-refractivity contribution in [3.63, 3.8) is 0 Å². The predicted molar refractivity (Wildman–Crippen MR) is 74.5 cm³/mol. The van der Waals surface area contributed by atoms with E-state index in [1.165, 1.54) is 18.6 Å². The highest BCUT2D eigenvalue weighted by Gasteiger charge is 2.29. The monoisotopic (exact) mass is 256 g/mol. The third-order valence-electron chi connectivity index (χ3n) is 2.97. The summed E-state index contributed by atoms with van der Waals surface area (Å²) in [5.41, 5.74) is 7.60. The van der Waals surface area contributed by atoms with Crippen molar-refractivity contribution in [3.8, 4) is 0 Å². The van der Waals surface area contributed by atoms with E-state index in [-0.39, 0.29) is 0 Å². The first-order valence-corrected chi connectivity index (χ1v) is 6.88. The number of hydrogen-bond donors (Lipinski definition) is 2. The van der Waals surface area contributed by atoms with Crippen molar-refractivity contribution in [1.29, 1.82) is 0 Å². The molecule has 1 atom stereocenters. The molecule has 1 aliphatic rings. The van der Waals surface area contributed by atoms with E-state index in [0.29, 0.717) is 4.75 Å². The van der Waals surface area contributed by atoms with Crippen molar-refractivity contribution >= 4 is 34.7 Å². The van der Waals surface area contributed by atoms with Crippen LogP contribution in [0.3, 0.4) is 0 Å². The molecular weight excluding hydrogens is 240 g/mol. The lowest BCUT2D eigenvalue weighted by molar-refractivity contribution is 0.635. The van der Waals surface area contributed by atoms with Gasteiger partial charge in [-0.1, -0.05) is 11.6 Å². The maximum Gasteiger partial charge on any atom is 0.0589 e. The molecule has 1 heterocycles. The van der Waals surface area contributed by atoms with E-state index in [0.717, 1.165) is 22.9 Å². The third-order valence-corrected chi connectivity index (χ3v) is 4.74.